The van der Waals surface area contributed by atoms with Gasteiger partial charge in [-0.3, -0.25) is 4.79 Å². The highest BCUT2D eigenvalue weighted by atomic mass is 79.9. The van der Waals surface area contributed by atoms with E-state index in [2.05, 4.69) is 28.2 Å². The fourth-order valence-electron chi connectivity index (χ4n) is 3.33. The summed E-state index contributed by atoms with van der Waals surface area (Å²) < 4.78 is 0. The quantitative estimate of drug-likeness (QED) is 0.783. The van der Waals surface area contributed by atoms with E-state index in [4.69, 9.17) is 0 Å². The number of carbonyl (C=O) groups is 1. The molecule has 2 rings (SSSR count). The van der Waals surface area contributed by atoms with Crippen molar-refractivity contribution in [2.45, 2.75) is 70.3 Å². The summed E-state index contributed by atoms with van der Waals surface area (Å²) in [6.45, 7) is 2.32. The molecule has 0 radical (unpaired) electrons. The van der Waals surface area contributed by atoms with E-state index in [0.717, 1.165) is 36.9 Å². The summed E-state index contributed by atoms with van der Waals surface area (Å²) >= 11 is 3.63. The minimum absolute atomic E-state index is 0.0427. The summed E-state index contributed by atoms with van der Waals surface area (Å²) in [4.78, 5) is 12.4. The van der Waals surface area contributed by atoms with Crippen LogP contribution in [0.3, 0.4) is 0 Å². The van der Waals surface area contributed by atoms with Gasteiger partial charge in [0, 0.05) is 16.8 Å². The topological polar surface area (TPSA) is 29.1 Å². The summed E-state index contributed by atoms with van der Waals surface area (Å²) in [5.41, 5.74) is 0.0427. The molecule has 18 heavy (non-hydrogen) atoms. The zero-order chi connectivity index (χ0) is 13.0. The largest absolute Gasteiger partial charge is 0.350 e. The highest BCUT2D eigenvalue weighted by Gasteiger charge is 2.36. The summed E-state index contributed by atoms with van der Waals surface area (Å²) in [7, 11) is 0. The first-order valence-corrected chi connectivity index (χ1v) is 8.65. The van der Waals surface area contributed by atoms with Crippen molar-refractivity contribution in [1.82, 2.24) is 5.32 Å². The van der Waals surface area contributed by atoms with Crippen molar-refractivity contribution in [3.8, 4) is 0 Å². The molecular formula is C15H26BrNO. The predicted molar refractivity (Wildman–Crippen MR) is 78.9 cm³/mol. The van der Waals surface area contributed by atoms with Gasteiger partial charge in [-0.2, -0.15) is 0 Å². The van der Waals surface area contributed by atoms with Gasteiger partial charge in [-0.1, -0.05) is 42.1 Å². The lowest BCUT2D eigenvalue weighted by molar-refractivity contribution is -0.128. The molecule has 0 aromatic heterocycles. The Kier molecular flexibility index (Phi) is 5.11. The van der Waals surface area contributed by atoms with E-state index in [9.17, 15) is 4.79 Å². The third-order valence-electron chi connectivity index (χ3n) is 4.85. The van der Waals surface area contributed by atoms with Gasteiger partial charge >= 0.3 is 0 Å². The van der Waals surface area contributed by atoms with Crippen molar-refractivity contribution < 1.29 is 4.79 Å². The normalized spacial score (nSPS) is 34.2. The third-order valence-corrected chi connectivity index (χ3v) is 5.92. The summed E-state index contributed by atoms with van der Waals surface area (Å²) in [5.74, 6) is 1.43. The van der Waals surface area contributed by atoms with Crippen molar-refractivity contribution in [3.05, 3.63) is 0 Å². The number of nitrogens with one attached hydrogen (secondary N) is 1. The number of hydrogen-bond acceptors (Lipinski definition) is 1. The average molecular weight is 316 g/mol. The molecule has 2 aliphatic carbocycles. The van der Waals surface area contributed by atoms with Crippen LogP contribution in [0.25, 0.3) is 0 Å². The first-order valence-electron chi connectivity index (χ1n) is 7.53. The van der Waals surface area contributed by atoms with Crippen molar-refractivity contribution in [1.29, 1.82) is 0 Å². The zero-order valence-electron chi connectivity index (χ0n) is 11.5. The van der Waals surface area contributed by atoms with Gasteiger partial charge in [-0.25, -0.2) is 0 Å². The van der Waals surface area contributed by atoms with Gasteiger partial charge < -0.3 is 5.32 Å². The number of halogens is 1. The van der Waals surface area contributed by atoms with Crippen LogP contribution < -0.4 is 5.32 Å². The molecule has 0 unspecified atom stereocenters. The number of carbonyl (C=O) groups excluding carboxylic acids is 1. The van der Waals surface area contributed by atoms with Crippen LogP contribution in [-0.4, -0.2) is 16.8 Å². The first-order chi connectivity index (χ1) is 8.65. The minimum atomic E-state index is 0.0427. The van der Waals surface area contributed by atoms with Crippen molar-refractivity contribution in [3.63, 3.8) is 0 Å². The SMILES string of the molecule is CC1CCC(CBr)(NC(=O)C2CCCCC2)CC1. The summed E-state index contributed by atoms with van der Waals surface area (Å²) in [6.07, 6.45) is 10.7. The lowest BCUT2D eigenvalue weighted by Gasteiger charge is -2.40. The Morgan fingerprint density at radius 1 is 1.17 bits per heavy atom. The van der Waals surface area contributed by atoms with Gasteiger partial charge in [0.25, 0.3) is 0 Å². The Labute approximate surface area is 119 Å². The second-order valence-corrected chi connectivity index (χ2v) is 6.98. The average Bonchev–Trinajstić information content (AvgIpc) is 2.43. The lowest BCUT2D eigenvalue weighted by atomic mass is 9.77. The van der Waals surface area contributed by atoms with E-state index in [0.29, 0.717) is 5.91 Å². The van der Waals surface area contributed by atoms with Crippen LogP contribution in [-0.2, 0) is 4.79 Å². The Morgan fingerprint density at radius 3 is 2.33 bits per heavy atom. The fourth-order valence-corrected chi connectivity index (χ4v) is 4.04. The maximum atomic E-state index is 12.4. The number of rotatable bonds is 3. The standard InChI is InChI=1S/C15H26BrNO/c1-12-7-9-15(11-16,10-8-12)17-14(18)13-5-3-2-4-6-13/h12-13H,2-11H2,1H3,(H,17,18). The molecule has 2 fully saturated rings. The van der Waals surface area contributed by atoms with Crippen LogP contribution in [0.2, 0.25) is 0 Å². The maximum Gasteiger partial charge on any atom is 0.223 e. The van der Waals surface area contributed by atoms with Crippen LogP contribution in [0.5, 0.6) is 0 Å². The Hall–Kier alpha value is -0.0500. The van der Waals surface area contributed by atoms with Crippen molar-refractivity contribution >= 4 is 21.8 Å². The van der Waals surface area contributed by atoms with Crippen molar-refractivity contribution in [2.75, 3.05) is 5.33 Å². The number of hydrogen-bond donors (Lipinski definition) is 1. The fraction of sp³-hybridized carbons (Fsp3) is 0.933. The molecule has 0 atom stereocenters. The number of amides is 1. The van der Waals surface area contributed by atoms with Crippen molar-refractivity contribution in [2.24, 2.45) is 11.8 Å². The molecule has 2 aliphatic rings. The smallest absolute Gasteiger partial charge is 0.223 e. The van der Waals surface area contributed by atoms with E-state index in [1.807, 2.05) is 0 Å². The van der Waals surface area contributed by atoms with E-state index >= 15 is 0 Å². The molecule has 1 amide bonds. The van der Waals surface area contributed by atoms with Gasteiger partial charge in [0.1, 0.15) is 0 Å². The summed E-state index contributed by atoms with van der Waals surface area (Å²) in [5, 5.41) is 4.29. The molecule has 3 heteroatoms. The van der Waals surface area contributed by atoms with Gasteiger partial charge in [0.05, 0.1) is 0 Å². The Morgan fingerprint density at radius 2 is 1.78 bits per heavy atom. The summed E-state index contributed by atoms with van der Waals surface area (Å²) in [6, 6.07) is 0. The van der Waals surface area contributed by atoms with E-state index in [-0.39, 0.29) is 11.5 Å². The maximum absolute atomic E-state index is 12.4. The van der Waals surface area contributed by atoms with Crippen LogP contribution >= 0.6 is 15.9 Å². The van der Waals surface area contributed by atoms with Gasteiger partial charge in [-0.15, -0.1) is 0 Å². The van der Waals surface area contributed by atoms with Crippen LogP contribution in [0.15, 0.2) is 0 Å². The molecule has 104 valence electrons. The van der Waals surface area contributed by atoms with Gasteiger partial charge in [0.15, 0.2) is 0 Å². The predicted octanol–water partition coefficient (Wildman–Crippen LogP) is 4.03. The zero-order valence-corrected chi connectivity index (χ0v) is 13.1. The minimum Gasteiger partial charge on any atom is -0.350 e. The molecule has 0 spiro atoms. The molecule has 0 aliphatic heterocycles. The monoisotopic (exact) mass is 315 g/mol. The van der Waals surface area contributed by atoms with E-state index in [1.165, 1.54) is 32.1 Å². The highest BCUT2D eigenvalue weighted by molar-refractivity contribution is 9.09. The van der Waals surface area contributed by atoms with Gasteiger partial charge in [-0.05, 0) is 44.4 Å². The van der Waals surface area contributed by atoms with Crippen LogP contribution in [0.4, 0.5) is 0 Å². The molecule has 2 saturated carbocycles. The highest BCUT2D eigenvalue weighted by Crippen LogP contribution is 2.34. The molecule has 2 nitrogen and oxygen atoms in total. The van der Waals surface area contributed by atoms with E-state index in [1.54, 1.807) is 0 Å². The second kappa shape index (κ2) is 6.40. The first kappa shape index (κ1) is 14.4. The molecule has 1 N–H and O–H groups in total. The Bertz CT molecular complexity index is 278. The molecule has 0 aromatic rings. The van der Waals surface area contributed by atoms with Crippen LogP contribution in [0.1, 0.15) is 64.7 Å². The molecule has 0 bridgehead atoms. The van der Waals surface area contributed by atoms with Gasteiger partial charge in [0.2, 0.25) is 5.91 Å². The molecular weight excluding hydrogens is 290 g/mol. The third kappa shape index (κ3) is 3.49. The Balaban J connectivity index is 1.90. The van der Waals surface area contributed by atoms with E-state index < -0.39 is 0 Å². The molecule has 0 aromatic carbocycles. The second-order valence-electron chi connectivity index (χ2n) is 6.42. The van der Waals surface area contributed by atoms with Crippen LogP contribution in [0, 0.1) is 11.8 Å². The lowest BCUT2D eigenvalue weighted by Crippen LogP contribution is -2.53. The number of alkyl halides is 1. The molecule has 0 saturated heterocycles. The molecule has 0 heterocycles.